The Labute approximate surface area is 106 Å². The van der Waals surface area contributed by atoms with Crippen LogP contribution in [0.25, 0.3) is 0 Å². The van der Waals surface area contributed by atoms with Crippen LogP contribution < -0.4 is 0 Å². The van der Waals surface area contributed by atoms with E-state index in [0.29, 0.717) is 0 Å². The molecule has 0 saturated carbocycles. The van der Waals surface area contributed by atoms with Crippen molar-refractivity contribution in [2.75, 3.05) is 0 Å². The highest BCUT2D eigenvalue weighted by Gasteiger charge is 2.85. The average molecular weight is 342 g/mol. The third-order valence-electron chi connectivity index (χ3n) is 1.75. The molecule has 122 valence electrons. The van der Waals surface area contributed by atoms with E-state index < -0.39 is 39.5 Å². The van der Waals surface area contributed by atoms with E-state index in [1.54, 1.807) is 0 Å². The topological polar surface area (TPSA) is 43.4 Å². The summed E-state index contributed by atoms with van der Waals surface area (Å²) in [6.07, 6.45) is -8.77. The standard InChI is InChI=1S/C7H7F9O3S/c1-3(2)19-20(17,18)7(15,16)5(10,11)4(8,9)6(12,13)14/h3H,1-2H3. The van der Waals surface area contributed by atoms with Crippen LogP contribution in [0.1, 0.15) is 13.8 Å². The number of halogens is 9. The molecule has 0 saturated heterocycles. The molecule has 0 fully saturated rings. The Bertz CT molecular complexity index is 451. The summed E-state index contributed by atoms with van der Waals surface area (Å²) in [5, 5.41) is -6.79. The minimum Gasteiger partial charge on any atom is -0.263 e. The molecule has 0 rings (SSSR count). The summed E-state index contributed by atoms with van der Waals surface area (Å²) >= 11 is 0. The average Bonchev–Trinajstić information content (AvgIpc) is 2.12. The molecule has 0 aliphatic rings. The minimum atomic E-state index is -7.28. The van der Waals surface area contributed by atoms with E-state index in [9.17, 15) is 47.9 Å². The second-order valence-corrected chi connectivity index (χ2v) is 5.38. The molecule has 0 spiro atoms. The van der Waals surface area contributed by atoms with E-state index in [0.717, 1.165) is 13.8 Å². The van der Waals surface area contributed by atoms with Gasteiger partial charge in [0.25, 0.3) is 0 Å². The number of rotatable bonds is 5. The van der Waals surface area contributed by atoms with Gasteiger partial charge in [0, 0.05) is 0 Å². The smallest absolute Gasteiger partial charge is 0.263 e. The molecule has 0 aliphatic carbocycles. The molecule has 0 aromatic carbocycles. The molecule has 0 aromatic heterocycles. The highest BCUT2D eigenvalue weighted by atomic mass is 32.2. The maximum absolute atomic E-state index is 12.9. The molecule has 0 bridgehead atoms. The van der Waals surface area contributed by atoms with Crippen LogP contribution in [0, 0.1) is 0 Å². The highest BCUT2D eigenvalue weighted by molar-refractivity contribution is 7.87. The molecule has 0 unspecified atom stereocenters. The second-order valence-electron chi connectivity index (χ2n) is 3.76. The zero-order valence-electron chi connectivity index (χ0n) is 9.61. The Kier molecular flexibility index (Phi) is 4.75. The lowest BCUT2D eigenvalue weighted by atomic mass is 10.1. The van der Waals surface area contributed by atoms with E-state index in [-0.39, 0.29) is 0 Å². The van der Waals surface area contributed by atoms with E-state index in [4.69, 9.17) is 0 Å². The van der Waals surface area contributed by atoms with E-state index in [1.807, 2.05) is 0 Å². The molecule has 3 nitrogen and oxygen atoms in total. The highest BCUT2D eigenvalue weighted by Crippen LogP contribution is 2.54. The number of hydrogen-bond acceptors (Lipinski definition) is 3. The van der Waals surface area contributed by atoms with Gasteiger partial charge in [-0.1, -0.05) is 0 Å². The van der Waals surface area contributed by atoms with Crippen molar-refractivity contribution in [1.82, 2.24) is 0 Å². The lowest BCUT2D eigenvalue weighted by Crippen LogP contribution is -2.63. The Morgan fingerprint density at radius 3 is 1.40 bits per heavy atom. The van der Waals surface area contributed by atoms with Crippen LogP contribution in [0.4, 0.5) is 39.5 Å². The van der Waals surface area contributed by atoms with Gasteiger partial charge in [0.05, 0.1) is 6.10 Å². The second kappa shape index (κ2) is 4.93. The van der Waals surface area contributed by atoms with Gasteiger partial charge in [-0.25, -0.2) is 0 Å². The molecule has 0 aromatic rings. The Morgan fingerprint density at radius 2 is 1.15 bits per heavy atom. The minimum absolute atomic E-state index is 0.758. The first-order chi connectivity index (χ1) is 8.42. The van der Waals surface area contributed by atoms with Crippen LogP contribution in [0.3, 0.4) is 0 Å². The fourth-order valence-electron chi connectivity index (χ4n) is 0.832. The third-order valence-corrected chi connectivity index (χ3v) is 3.27. The van der Waals surface area contributed by atoms with E-state index in [2.05, 4.69) is 4.18 Å². The molecule has 0 radical (unpaired) electrons. The van der Waals surface area contributed by atoms with Gasteiger partial charge in [0.1, 0.15) is 0 Å². The zero-order valence-corrected chi connectivity index (χ0v) is 10.4. The van der Waals surface area contributed by atoms with Crippen molar-refractivity contribution in [2.45, 2.75) is 43.2 Å². The molecular formula is C7H7F9O3S. The van der Waals surface area contributed by atoms with E-state index in [1.165, 1.54) is 0 Å². The van der Waals surface area contributed by atoms with Crippen molar-refractivity contribution >= 4 is 10.1 Å². The van der Waals surface area contributed by atoms with Gasteiger partial charge in [-0.2, -0.15) is 47.9 Å². The first-order valence-electron chi connectivity index (χ1n) is 4.55. The monoisotopic (exact) mass is 342 g/mol. The molecule has 0 N–H and O–H groups in total. The maximum Gasteiger partial charge on any atom is 0.460 e. The van der Waals surface area contributed by atoms with Crippen LogP contribution in [0.5, 0.6) is 0 Å². The van der Waals surface area contributed by atoms with Gasteiger partial charge >= 0.3 is 33.4 Å². The van der Waals surface area contributed by atoms with E-state index >= 15 is 0 Å². The Morgan fingerprint density at radius 1 is 0.800 bits per heavy atom. The summed E-state index contributed by atoms with van der Waals surface area (Å²) in [6, 6.07) is 0. The molecule has 13 heteroatoms. The van der Waals surface area contributed by atoms with Crippen LogP contribution in [-0.4, -0.2) is 37.8 Å². The van der Waals surface area contributed by atoms with Crippen molar-refractivity contribution in [3.05, 3.63) is 0 Å². The van der Waals surface area contributed by atoms with Gasteiger partial charge in [-0.15, -0.1) is 0 Å². The lowest BCUT2D eigenvalue weighted by molar-refractivity contribution is -0.382. The van der Waals surface area contributed by atoms with Crippen molar-refractivity contribution in [3.8, 4) is 0 Å². The molecule has 0 amide bonds. The predicted octanol–water partition coefficient (Wildman–Crippen LogP) is 3.17. The van der Waals surface area contributed by atoms with Crippen molar-refractivity contribution in [2.24, 2.45) is 0 Å². The predicted molar refractivity (Wildman–Crippen MR) is 46.0 cm³/mol. The largest absolute Gasteiger partial charge is 0.460 e. The van der Waals surface area contributed by atoms with Crippen molar-refractivity contribution in [3.63, 3.8) is 0 Å². The van der Waals surface area contributed by atoms with Gasteiger partial charge in [0.15, 0.2) is 0 Å². The SMILES string of the molecule is CC(C)OS(=O)(=O)C(F)(F)C(F)(F)C(F)(F)C(F)(F)F. The van der Waals surface area contributed by atoms with Crippen LogP contribution >= 0.6 is 0 Å². The first-order valence-corrected chi connectivity index (χ1v) is 5.95. The third kappa shape index (κ3) is 2.82. The molecule has 0 aliphatic heterocycles. The summed E-state index contributed by atoms with van der Waals surface area (Å²) in [6.45, 7) is 1.52. The van der Waals surface area contributed by atoms with Crippen LogP contribution in [-0.2, 0) is 14.3 Å². The van der Waals surface area contributed by atoms with Crippen molar-refractivity contribution in [1.29, 1.82) is 0 Å². The lowest BCUT2D eigenvalue weighted by Gasteiger charge is -2.32. The Hall–Kier alpha value is -0.720. The summed E-state index contributed by atoms with van der Waals surface area (Å²) < 4.78 is 136. The first kappa shape index (κ1) is 19.3. The molecule has 0 atom stereocenters. The van der Waals surface area contributed by atoms with Gasteiger partial charge < -0.3 is 0 Å². The molecule has 0 heterocycles. The fraction of sp³-hybridized carbons (Fsp3) is 1.00. The molecule has 20 heavy (non-hydrogen) atoms. The maximum atomic E-state index is 12.9. The van der Waals surface area contributed by atoms with Crippen molar-refractivity contribution < 1.29 is 52.1 Å². The fourth-order valence-corrected chi connectivity index (χ4v) is 1.90. The van der Waals surface area contributed by atoms with Gasteiger partial charge in [-0.3, -0.25) is 4.18 Å². The van der Waals surface area contributed by atoms with Crippen LogP contribution in [0.15, 0.2) is 0 Å². The summed E-state index contributed by atoms with van der Waals surface area (Å²) in [5.74, 6) is -14.5. The summed E-state index contributed by atoms with van der Waals surface area (Å²) in [5.41, 5.74) is 0. The quantitative estimate of drug-likeness (QED) is 0.569. The number of hydrogen-bond donors (Lipinski definition) is 0. The van der Waals surface area contributed by atoms with Crippen LogP contribution in [0.2, 0.25) is 0 Å². The molecular weight excluding hydrogens is 335 g/mol. The number of alkyl halides is 9. The Balaban J connectivity index is 5.95. The summed E-state index contributed by atoms with van der Waals surface area (Å²) in [4.78, 5) is 0. The normalized spacial score (nSPS) is 15.8. The zero-order chi connectivity index (χ0) is 16.8. The summed E-state index contributed by atoms with van der Waals surface area (Å²) in [7, 11) is -6.72. The van der Waals surface area contributed by atoms with Gasteiger partial charge in [-0.05, 0) is 13.8 Å². The van der Waals surface area contributed by atoms with Gasteiger partial charge in [0.2, 0.25) is 0 Å².